The van der Waals surface area contributed by atoms with Gasteiger partial charge in [-0.15, -0.1) is 0 Å². The van der Waals surface area contributed by atoms with Gasteiger partial charge in [-0.2, -0.15) is 0 Å². The fourth-order valence-electron chi connectivity index (χ4n) is 1.84. The molecular weight excluding hydrogens is 254 g/mol. The fourth-order valence-corrected chi connectivity index (χ4v) is 2.67. The zero-order valence-electron chi connectivity index (χ0n) is 11.0. The van der Waals surface area contributed by atoms with Gasteiger partial charge < -0.3 is 10.1 Å². The van der Waals surface area contributed by atoms with Gasteiger partial charge in [0, 0.05) is 18.6 Å². The highest BCUT2D eigenvalue weighted by molar-refractivity contribution is 7.91. The number of piperidine rings is 1. The normalized spacial score (nSPS) is 17.8. The first-order chi connectivity index (χ1) is 8.53. The first kappa shape index (κ1) is 15.6. The van der Waals surface area contributed by atoms with Gasteiger partial charge >= 0.3 is 0 Å². The van der Waals surface area contributed by atoms with Crippen LogP contribution in [0, 0.1) is 0 Å². The Labute approximate surface area is 109 Å². The van der Waals surface area contributed by atoms with Crippen molar-refractivity contribution in [2.45, 2.75) is 38.7 Å². The summed E-state index contributed by atoms with van der Waals surface area (Å²) in [6.07, 6.45) is 2.66. The Bertz CT molecular complexity index is 347. The zero-order chi connectivity index (χ0) is 13.4. The van der Waals surface area contributed by atoms with E-state index in [1.165, 1.54) is 0 Å². The maximum Gasteiger partial charge on any atom is 0.150 e. The molecule has 0 bridgehead atoms. The molecular formula is C12H23NO4S. The molecule has 0 unspecified atom stereocenters. The van der Waals surface area contributed by atoms with Gasteiger partial charge in [-0.25, -0.2) is 8.42 Å². The van der Waals surface area contributed by atoms with Crippen LogP contribution in [0.3, 0.4) is 0 Å². The van der Waals surface area contributed by atoms with E-state index in [-0.39, 0.29) is 29.8 Å². The molecule has 0 spiro atoms. The van der Waals surface area contributed by atoms with Gasteiger partial charge in [0.05, 0.1) is 18.5 Å². The Balaban J connectivity index is 2.09. The standard InChI is InChI=1S/C12H23NO4S/c1-2-18(15,16)10-6-11(14)5-9-17-12-3-7-13-8-4-12/h12-13H,2-10H2,1H3. The molecule has 0 aromatic carbocycles. The molecule has 1 heterocycles. The quantitative estimate of drug-likeness (QED) is 0.701. The maximum atomic E-state index is 11.5. The lowest BCUT2D eigenvalue weighted by molar-refractivity contribution is -0.120. The summed E-state index contributed by atoms with van der Waals surface area (Å²) in [7, 11) is -3.03. The van der Waals surface area contributed by atoms with Crippen LogP contribution in [-0.4, -0.2) is 51.5 Å². The lowest BCUT2D eigenvalue weighted by Gasteiger charge is -2.22. The van der Waals surface area contributed by atoms with Crippen LogP contribution in [-0.2, 0) is 19.4 Å². The smallest absolute Gasteiger partial charge is 0.150 e. The second-order valence-electron chi connectivity index (χ2n) is 4.60. The minimum absolute atomic E-state index is 0.0269. The molecule has 0 aromatic rings. The average Bonchev–Trinajstić information content (AvgIpc) is 2.38. The Kier molecular flexibility index (Phi) is 6.81. The molecule has 1 rings (SSSR count). The number of carbonyl (C=O) groups is 1. The van der Waals surface area contributed by atoms with Gasteiger partial charge in [0.15, 0.2) is 0 Å². The SMILES string of the molecule is CCS(=O)(=O)CCC(=O)CCOC1CCNCC1. The lowest BCUT2D eigenvalue weighted by Crippen LogP contribution is -2.32. The molecule has 1 saturated heterocycles. The molecule has 0 aliphatic carbocycles. The molecule has 1 aliphatic rings. The van der Waals surface area contributed by atoms with E-state index in [9.17, 15) is 13.2 Å². The van der Waals surface area contributed by atoms with Crippen molar-refractivity contribution in [1.29, 1.82) is 0 Å². The number of ether oxygens (including phenoxy) is 1. The molecule has 0 radical (unpaired) electrons. The third kappa shape index (κ3) is 6.47. The van der Waals surface area contributed by atoms with Gasteiger partial charge in [-0.05, 0) is 25.9 Å². The molecule has 6 heteroatoms. The number of carbonyl (C=O) groups excluding carboxylic acids is 1. The van der Waals surface area contributed by atoms with E-state index in [4.69, 9.17) is 4.74 Å². The highest BCUT2D eigenvalue weighted by Crippen LogP contribution is 2.08. The van der Waals surface area contributed by atoms with E-state index in [2.05, 4.69) is 5.32 Å². The Morgan fingerprint density at radius 1 is 1.28 bits per heavy atom. The summed E-state index contributed by atoms with van der Waals surface area (Å²) >= 11 is 0. The predicted octanol–water partition coefficient (Wildman–Crippen LogP) is 0.539. The molecule has 18 heavy (non-hydrogen) atoms. The van der Waals surface area contributed by atoms with Crippen molar-refractivity contribution in [2.24, 2.45) is 0 Å². The summed E-state index contributed by atoms with van der Waals surface area (Å²) in [4.78, 5) is 11.5. The number of sulfone groups is 1. The summed E-state index contributed by atoms with van der Waals surface area (Å²) in [5.41, 5.74) is 0. The molecule has 1 aliphatic heterocycles. The summed E-state index contributed by atoms with van der Waals surface area (Å²) in [6.45, 7) is 3.94. The van der Waals surface area contributed by atoms with E-state index in [1.807, 2.05) is 0 Å². The van der Waals surface area contributed by atoms with E-state index >= 15 is 0 Å². The van der Waals surface area contributed by atoms with Gasteiger partial charge in [0.25, 0.3) is 0 Å². The van der Waals surface area contributed by atoms with E-state index < -0.39 is 9.84 Å². The molecule has 5 nitrogen and oxygen atoms in total. The minimum Gasteiger partial charge on any atom is -0.378 e. The van der Waals surface area contributed by atoms with E-state index in [0.717, 1.165) is 25.9 Å². The lowest BCUT2D eigenvalue weighted by atomic mass is 10.1. The zero-order valence-corrected chi connectivity index (χ0v) is 11.8. The number of ketones is 1. The first-order valence-corrected chi connectivity index (χ1v) is 8.40. The van der Waals surface area contributed by atoms with Crippen molar-refractivity contribution < 1.29 is 17.9 Å². The monoisotopic (exact) mass is 277 g/mol. The maximum absolute atomic E-state index is 11.5. The van der Waals surface area contributed by atoms with Crippen LogP contribution in [0.2, 0.25) is 0 Å². The summed E-state index contributed by atoms with van der Waals surface area (Å²) < 4.78 is 28.1. The van der Waals surface area contributed by atoms with Crippen LogP contribution in [0.5, 0.6) is 0 Å². The molecule has 0 atom stereocenters. The minimum atomic E-state index is -3.03. The number of rotatable bonds is 8. The van der Waals surface area contributed by atoms with Crippen LogP contribution < -0.4 is 5.32 Å². The average molecular weight is 277 g/mol. The van der Waals surface area contributed by atoms with Crippen molar-refractivity contribution in [3.8, 4) is 0 Å². The predicted molar refractivity (Wildman–Crippen MR) is 70.4 cm³/mol. The third-order valence-corrected chi connectivity index (χ3v) is 4.86. The van der Waals surface area contributed by atoms with Crippen LogP contribution in [0.1, 0.15) is 32.6 Å². The van der Waals surface area contributed by atoms with Crippen molar-refractivity contribution >= 4 is 15.6 Å². The molecule has 0 aromatic heterocycles. The van der Waals surface area contributed by atoms with E-state index in [1.54, 1.807) is 6.92 Å². The molecule has 1 N–H and O–H groups in total. The molecule has 0 amide bonds. The van der Waals surface area contributed by atoms with Crippen LogP contribution >= 0.6 is 0 Å². The van der Waals surface area contributed by atoms with Crippen molar-refractivity contribution in [3.05, 3.63) is 0 Å². The highest BCUT2D eigenvalue weighted by atomic mass is 32.2. The fraction of sp³-hybridized carbons (Fsp3) is 0.917. The summed E-state index contributed by atoms with van der Waals surface area (Å²) in [5, 5.41) is 3.24. The number of hydrogen-bond acceptors (Lipinski definition) is 5. The van der Waals surface area contributed by atoms with Gasteiger partial charge in [0.1, 0.15) is 15.6 Å². The summed E-state index contributed by atoms with van der Waals surface area (Å²) in [5.74, 6) is 0.0441. The Hall–Kier alpha value is -0.460. The van der Waals surface area contributed by atoms with Crippen LogP contribution in [0.25, 0.3) is 0 Å². The van der Waals surface area contributed by atoms with E-state index in [0.29, 0.717) is 13.0 Å². The first-order valence-electron chi connectivity index (χ1n) is 6.58. The van der Waals surface area contributed by atoms with Gasteiger partial charge in [-0.1, -0.05) is 6.92 Å². The van der Waals surface area contributed by atoms with Crippen LogP contribution in [0.4, 0.5) is 0 Å². The molecule has 0 saturated carbocycles. The molecule has 106 valence electrons. The molecule has 1 fully saturated rings. The highest BCUT2D eigenvalue weighted by Gasteiger charge is 2.14. The summed E-state index contributed by atoms with van der Waals surface area (Å²) in [6, 6.07) is 0. The van der Waals surface area contributed by atoms with Gasteiger partial charge in [0.2, 0.25) is 0 Å². The Morgan fingerprint density at radius 3 is 2.56 bits per heavy atom. The second-order valence-corrected chi connectivity index (χ2v) is 7.07. The third-order valence-electron chi connectivity index (χ3n) is 3.15. The Morgan fingerprint density at radius 2 is 1.94 bits per heavy atom. The topological polar surface area (TPSA) is 72.5 Å². The van der Waals surface area contributed by atoms with Crippen molar-refractivity contribution in [2.75, 3.05) is 31.2 Å². The largest absolute Gasteiger partial charge is 0.378 e. The number of nitrogens with one attached hydrogen (secondary N) is 1. The number of Topliss-reactive ketones (excluding diaryl/α,β-unsaturated/α-hetero) is 1. The second kappa shape index (κ2) is 7.86. The van der Waals surface area contributed by atoms with Gasteiger partial charge in [-0.3, -0.25) is 4.79 Å². The van der Waals surface area contributed by atoms with Crippen molar-refractivity contribution in [3.63, 3.8) is 0 Å². The van der Waals surface area contributed by atoms with Crippen molar-refractivity contribution in [1.82, 2.24) is 5.32 Å². The van der Waals surface area contributed by atoms with Crippen LogP contribution in [0.15, 0.2) is 0 Å². The number of hydrogen-bond donors (Lipinski definition) is 1.